The van der Waals surface area contributed by atoms with E-state index in [1.165, 1.54) is 19.3 Å². The summed E-state index contributed by atoms with van der Waals surface area (Å²) in [5, 5.41) is 4.13. The topological polar surface area (TPSA) is 56.2 Å². The maximum atomic E-state index is 5.96. The average molecular weight is 216 g/mol. The molecular formula is C12H16N4. The van der Waals surface area contributed by atoms with E-state index in [2.05, 4.69) is 17.0 Å². The molecule has 1 saturated carbocycles. The van der Waals surface area contributed by atoms with Crippen LogP contribution < -0.4 is 5.73 Å². The third-order valence-corrected chi connectivity index (χ3v) is 3.73. The van der Waals surface area contributed by atoms with E-state index in [1.54, 1.807) is 10.7 Å². The molecule has 0 unspecified atom stereocenters. The lowest BCUT2D eigenvalue weighted by atomic mass is 9.75. The minimum Gasteiger partial charge on any atom is -0.384 e. The summed E-state index contributed by atoms with van der Waals surface area (Å²) < 4.78 is 1.68. The number of hydrogen-bond donors (Lipinski definition) is 1. The van der Waals surface area contributed by atoms with Crippen LogP contribution in [0.4, 0.5) is 5.82 Å². The van der Waals surface area contributed by atoms with Crippen molar-refractivity contribution in [1.29, 1.82) is 0 Å². The summed E-state index contributed by atoms with van der Waals surface area (Å²) in [6.07, 6.45) is 5.75. The molecule has 3 rings (SSSR count). The molecule has 1 aliphatic rings. The lowest BCUT2D eigenvalue weighted by Crippen LogP contribution is -2.19. The van der Waals surface area contributed by atoms with E-state index in [0.717, 1.165) is 17.3 Å². The summed E-state index contributed by atoms with van der Waals surface area (Å²) in [4.78, 5) is 4.62. The Kier molecular flexibility index (Phi) is 2.09. The van der Waals surface area contributed by atoms with Gasteiger partial charge in [-0.25, -0.2) is 4.98 Å². The first kappa shape index (κ1) is 9.63. The van der Waals surface area contributed by atoms with Crippen LogP contribution in [0.25, 0.3) is 5.65 Å². The molecule has 16 heavy (non-hydrogen) atoms. The summed E-state index contributed by atoms with van der Waals surface area (Å²) in [5.74, 6) is 1.98. The average Bonchev–Trinajstić information content (AvgIpc) is 2.63. The summed E-state index contributed by atoms with van der Waals surface area (Å²) >= 11 is 0. The largest absolute Gasteiger partial charge is 0.384 e. The smallest absolute Gasteiger partial charge is 0.157 e. The van der Waals surface area contributed by atoms with Crippen molar-refractivity contribution in [2.75, 3.05) is 5.73 Å². The highest BCUT2D eigenvalue weighted by atomic mass is 15.3. The van der Waals surface area contributed by atoms with Crippen LogP contribution in [-0.2, 0) is 0 Å². The van der Waals surface area contributed by atoms with Crippen LogP contribution in [-0.4, -0.2) is 14.6 Å². The number of hydrogen-bond acceptors (Lipinski definition) is 3. The molecule has 0 radical (unpaired) electrons. The van der Waals surface area contributed by atoms with E-state index in [4.69, 9.17) is 5.73 Å². The third-order valence-electron chi connectivity index (χ3n) is 3.73. The van der Waals surface area contributed by atoms with Gasteiger partial charge in [0.05, 0.1) is 6.20 Å². The van der Waals surface area contributed by atoms with Gasteiger partial charge in [0.2, 0.25) is 0 Å². The van der Waals surface area contributed by atoms with Crippen LogP contribution in [0.2, 0.25) is 0 Å². The van der Waals surface area contributed by atoms with Crippen molar-refractivity contribution in [3.8, 4) is 0 Å². The normalized spacial score (nSPS) is 18.6. The Hall–Kier alpha value is -1.58. The van der Waals surface area contributed by atoms with Gasteiger partial charge in [-0.2, -0.15) is 9.61 Å². The number of nitrogens with two attached hydrogens (primary N) is 1. The fourth-order valence-corrected chi connectivity index (χ4v) is 2.37. The molecule has 0 amide bonds. The van der Waals surface area contributed by atoms with Crippen LogP contribution in [0.3, 0.4) is 0 Å². The van der Waals surface area contributed by atoms with E-state index in [-0.39, 0.29) is 0 Å². The summed E-state index contributed by atoms with van der Waals surface area (Å²) in [6.45, 7) is 2.25. The molecule has 2 N–H and O–H groups in total. The first-order valence-corrected chi connectivity index (χ1v) is 5.86. The predicted octanol–water partition coefficient (Wildman–Crippen LogP) is 2.22. The van der Waals surface area contributed by atoms with Gasteiger partial charge >= 0.3 is 0 Å². The number of nitrogen functional groups attached to an aromatic ring is 1. The molecule has 4 nitrogen and oxygen atoms in total. The second-order valence-electron chi connectivity index (χ2n) is 4.69. The maximum absolute atomic E-state index is 5.96. The van der Waals surface area contributed by atoms with Gasteiger partial charge in [0.15, 0.2) is 5.65 Å². The zero-order valence-electron chi connectivity index (χ0n) is 9.43. The Morgan fingerprint density at radius 3 is 3.00 bits per heavy atom. The molecule has 1 fully saturated rings. The fraction of sp³-hybridized carbons (Fsp3) is 0.500. The number of aromatic nitrogens is 3. The Labute approximate surface area is 94.5 Å². The van der Waals surface area contributed by atoms with Gasteiger partial charge in [0.25, 0.3) is 0 Å². The lowest BCUT2D eigenvalue weighted by Gasteiger charge is -2.31. The molecule has 0 bridgehead atoms. The molecule has 1 aliphatic carbocycles. The standard InChI is InChI=1S/C12H16N4/c1-8(9-3-2-4-9)10-7-11(13)16-12(15-10)5-6-14-16/h5-9H,2-4,13H2,1H3/t8-/m0/s1. The molecule has 0 saturated heterocycles. The van der Waals surface area contributed by atoms with Crippen LogP contribution in [0.1, 0.15) is 37.8 Å². The minimum atomic E-state index is 0.510. The van der Waals surface area contributed by atoms with Crippen molar-refractivity contribution in [3.05, 3.63) is 24.0 Å². The van der Waals surface area contributed by atoms with Crippen molar-refractivity contribution in [2.24, 2.45) is 5.92 Å². The Morgan fingerprint density at radius 2 is 2.31 bits per heavy atom. The zero-order chi connectivity index (χ0) is 11.1. The van der Waals surface area contributed by atoms with E-state index in [1.807, 2.05) is 12.1 Å². The Morgan fingerprint density at radius 1 is 1.50 bits per heavy atom. The highest BCUT2D eigenvalue weighted by Crippen LogP contribution is 2.38. The second-order valence-corrected chi connectivity index (χ2v) is 4.69. The third kappa shape index (κ3) is 1.37. The molecule has 2 heterocycles. The Bertz CT molecular complexity index is 513. The quantitative estimate of drug-likeness (QED) is 0.837. The molecule has 0 aromatic carbocycles. The molecule has 2 aromatic rings. The van der Waals surface area contributed by atoms with Gasteiger partial charge in [-0.15, -0.1) is 0 Å². The van der Waals surface area contributed by atoms with E-state index < -0.39 is 0 Å². The number of anilines is 1. The minimum absolute atomic E-state index is 0.510. The fourth-order valence-electron chi connectivity index (χ4n) is 2.37. The second kappa shape index (κ2) is 3.47. The van der Waals surface area contributed by atoms with Gasteiger partial charge < -0.3 is 5.73 Å². The first-order valence-electron chi connectivity index (χ1n) is 5.86. The lowest BCUT2D eigenvalue weighted by molar-refractivity contribution is 0.269. The predicted molar refractivity (Wildman–Crippen MR) is 63.2 cm³/mol. The highest BCUT2D eigenvalue weighted by molar-refractivity contribution is 5.47. The summed E-state index contributed by atoms with van der Waals surface area (Å²) in [7, 11) is 0. The molecule has 0 spiro atoms. The summed E-state index contributed by atoms with van der Waals surface area (Å²) in [5.41, 5.74) is 7.91. The van der Waals surface area contributed by atoms with Gasteiger partial charge in [0, 0.05) is 23.7 Å². The molecule has 0 aliphatic heterocycles. The molecule has 2 aromatic heterocycles. The molecule has 1 atom stereocenters. The first-order chi connectivity index (χ1) is 7.75. The monoisotopic (exact) mass is 216 g/mol. The summed E-state index contributed by atoms with van der Waals surface area (Å²) in [6, 6.07) is 3.86. The van der Waals surface area contributed by atoms with Crippen molar-refractivity contribution < 1.29 is 0 Å². The van der Waals surface area contributed by atoms with E-state index in [0.29, 0.717) is 11.7 Å². The van der Waals surface area contributed by atoms with Crippen LogP contribution >= 0.6 is 0 Å². The Balaban J connectivity index is 2.02. The number of rotatable bonds is 2. The molecule has 84 valence electrons. The van der Waals surface area contributed by atoms with Crippen molar-refractivity contribution in [2.45, 2.75) is 32.1 Å². The van der Waals surface area contributed by atoms with E-state index in [9.17, 15) is 0 Å². The van der Waals surface area contributed by atoms with Gasteiger partial charge in [-0.1, -0.05) is 13.3 Å². The van der Waals surface area contributed by atoms with Gasteiger partial charge in [0.1, 0.15) is 5.82 Å². The zero-order valence-corrected chi connectivity index (χ0v) is 9.43. The van der Waals surface area contributed by atoms with Crippen molar-refractivity contribution in [3.63, 3.8) is 0 Å². The van der Waals surface area contributed by atoms with Crippen molar-refractivity contribution >= 4 is 11.5 Å². The van der Waals surface area contributed by atoms with Crippen LogP contribution in [0.5, 0.6) is 0 Å². The SMILES string of the molecule is C[C@H](c1cc(N)n2nccc2n1)C1CCC1. The highest BCUT2D eigenvalue weighted by Gasteiger charge is 2.26. The number of fused-ring (bicyclic) bond motifs is 1. The van der Waals surface area contributed by atoms with Crippen LogP contribution in [0, 0.1) is 5.92 Å². The number of nitrogens with zero attached hydrogens (tertiary/aromatic N) is 3. The van der Waals surface area contributed by atoms with Gasteiger partial charge in [-0.05, 0) is 18.8 Å². The van der Waals surface area contributed by atoms with Crippen molar-refractivity contribution in [1.82, 2.24) is 14.6 Å². The molecular weight excluding hydrogens is 200 g/mol. The van der Waals surface area contributed by atoms with E-state index >= 15 is 0 Å². The molecule has 4 heteroatoms. The maximum Gasteiger partial charge on any atom is 0.157 e. The van der Waals surface area contributed by atoms with Gasteiger partial charge in [-0.3, -0.25) is 0 Å². The van der Waals surface area contributed by atoms with Crippen LogP contribution in [0.15, 0.2) is 18.3 Å².